The Hall–Kier alpha value is -2.58. The molecule has 7 nitrogen and oxygen atoms in total. The normalized spacial score (nSPS) is 28.6. The molecular weight excluding hydrogens is 488 g/mol. The van der Waals surface area contributed by atoms with Gasteiger partial charge in [0.05, 0.1) is 35.8 Å². The number of thioether (sulfide) groups is 1. The average molecular weight is 527 g/mol. The van der Waals surface area contributed by atoms with Crippen molar-refractivity contribution < 1.29 is 24.2 Å². The molecule has 1 aromatic carbocycles. The van der Waals surface area contributed by atoms with Crippen LogP contribution in [0.5, 0.6) is 0 Å². The fourth-order valence-corrected chi connectivity index (χ4v) is 8.48. The molecule has 1 aromatic rings. The van der Waals surface area contributed by atoms with Gasteiger partial charge in [0, 0.05) is 17.5 Å². The van der Waals surface area contributed by atoms with E-state index in [1.165, 1.54) is 0 Å². The number of allylic oxidation sites excluding steroid dienone is 1. The summed E-state index contributed by atoms with van der Waals surface area (Å²) in [5.41, 5.74) is 2.76. The van der Waals surface area contributed by atoms with Gasteiger partial charge < -0.3 is 19.6 Å². The molecule has 2 bridgehead atoms. The van der Waals surface area contributed by atoms with Gasteiger partial charge in [-0.1, -0.05) is 24.3 Å². The van der Waals surface area contributed by atoms with Crippen molar-refractivity contribution in [3.63, 3.8) is 0 Å². The highest BCUT2D eigenvalue weighted by Gasteiger charge is 2.74. The molecule has 1 N–H and O–H groups in total. The summed E-state index contributed by atoms with van der Waals surface area (Å²) in [6, 6.07) is 4.61. The second kappa shape index (κ2) is 11.0. The van der Waals surface area contributed by atoms with Crippen molar-refractivity contribution in [3.05, 3.63) is 54.6 Å². The summed E-state index contributed by atoms with van der Waals surface area (Å²) in [5.74, 6) is -2.02. The molecule has 0 aromatic heterocycles. The van der Waals surface area contributed by atoms with E-state index < -0.39 is 28.7 Å². The number of nitrogens with zero attached hydrogens (tertiary/aromatic N) is 2. The number of fused-ring (bicyclic) bond motifs is 1. The zero-order chi connectivity index (χ0) is 26.9. The van der Waals surface area contributed by atoms with Crippen LogP contribution in [0.2, 0.25) is 0 Å². The molecule has 200 valence electrons. The first kappa shape index (κ1) is 27.5. The predicted molar refractivity (Wildman–Crippen MR) is 146 cm³/mol. The van der Waals surface area contributed by atoms with E-state index in [2.05, 4.69) is 13.2 Å². The molecule has 3 heterocycles. The van der Waals surface area contributed by atoms with Gasteiger partial charge in [0.15, 0.2) is 0 Å². The van der Waals surface area contributed by atoms with Gasteiger partial charge in [-0.05, 0) is 63.6 Å². The molecule has 4 rings (SSSR count). The number of carbonyl (C=O) groups excluding carboxylic acids is 3. The van der Waals surface area contributed by atoms with Crippen LogP contribution in [-0.4, -0.2) is 69.6 Å². The summed E-state index contributed by atoms with van der Waals surface area (Å²) < 4.78 is 4.88. The number of hydrogen-bond acceptors (Lipinski definition) is 6. The number of likely N-dealkylation sites (tertiary alicyclic amines) is 1. The van der Waals surface area contributed by atoms with Crippen LogP contribution in [0.4, 0.5) is 5.69 Å². The van der Waals surface area contributed by atoms with Crippen molar-refractivity contribution in [2.45, 2.75) is 68.5 Å². The van der Waals surface area contributed by atoms with E-state index in [-0.39, 0.29) is 36.2 Å². The van der Waals surface area contributed by atoms with Gasteiger partial charge in [-0.2, -0.15) is 0 Å². The topological polar surface area (TPSA) is 87.1 Å². The van der Waals surface area contributed by atoms with Crippen LogP contribution < -0.4 is 4.90 Å². The number of ether oxygens (including phenoxy) is 1. The Balaban J connectivity index is 1.73. The van der Waals surface area contributed by atoms with Gasteiger partial charge in [-0.15, -0.1) is 24.9 Å². The van der Waals surface area contributed by atoms with Crippen LogP contribution in [0.3, 0.4) is 0 Å². The van der Waals surface area contributed by atoms with Crippen molar-refractivity contribution >= 4 is 35.2 Å². The van der Waals surface area contributed by atoms with Crippen LogP contribution in [0.1, 0.15) is 43.7 Å². The monoisotopic (exact) mass is 526 g/mol. The first-order chi connectivity index (χ1) is 17.7. The fourth-order valence-electron chi connectivity index (χ4n) is 6.29. The Bertz CT molecular complexity index is 1090. The molecule has 2 unspecified atom stereocenters. The molecule has 3 saturated heterocycles. The Morgan fingerprint density at radius 1 is 1.32 bits per heavy atom. The summed E-state index contributed by atoms with van der Waals surface area (Å²) in [5, 5.41) is 10.0. The third-order valence-corrected chi connectivity index (χ3v) is 9.97. The van der Waals surface area contributed by atoms with Gasteiger partial charge in [-0.3, -0.25) is 14.4 Å². The largest absolute Gasteiger partial charge is 0.465 e. The van der Waals surface area contributed by atoms with Crippen LogP contribution in [0.15, 0.2) is 43.5 Å². The maximum Gasteiger partial charge on any atom is 0.310 e. The minimum absolute atomic E-state index is 0.0590. The highest BCUT2D eigenvalue weighted by molar-refractivity contribution is 8.02. The second-order valence-corrected chi connectivity index (χ2v) is 12.1. The number of aliphatic hydroxyl groups is 1. The molecule has 1 spiro atoms. The number of amides is 2. The molecule has 2 amide bonds. The second-order valence-electron chi connectivity index (χ2n) is 10.5. The molecule has 6 atom stereocenters. The molecule has 3 aliphatic rings. The van der Waals surface area contributed by atoms with E-state index in [4.69, 9.17) is 4.74 Å². The molecule has 8 heteroatoms. The van der Waals surface area contributed by atoms with E-state index in [9.17, 15) is 19.5 Å². The lowest BCUT2D eigenvalue weighted by Gasteiger charge is -2.39. The van der Waals surface area contributed by atoms with Crippen LogP contribution in [-0.2, 0) is 19.1 Å². The van der Waals surface area contributed by atoms with E-state index in [0.717, 1.165) is 29.7 Å². The van der Waals surface area contributed by atoms with Gasteiger partial charge in [0.2, 0.25) is 5.91 Å². The minimum Gasteiger partial charge on any atom is -0.465 e. The first-order valence-corrected chi connectivity index (χ1v) is 14.0. The van der Waals surface area contributed by atoms with E-state index in [1.807, 2.05) is 32.0 Å². The lowest BCUT2D eigenvalue weighted by Crippen LogP contribution is -2.57. The number of benzene rings is 1. The van der Waals surface area contributed by atoms with Gasteiger partial charge in [-0.25, -0.2) is 0 Å². The fraction of sp³-hybridized carbons (Fsp3) is 0.552. The molecule has 0 aliphatic carbocycles. The van der Waals surface area contributed by atoms with E-state index in [1.54, 1.807) is 40.6 Å². The smallest absolute Gasteiger partial charge is 0.310 e. The van der Waals surface area contributed by atoms with Crippen molar-refractivity contribution in [3.8, 4) is 0 Å². The summed E-state index contributed by atoms with van der Waals surface area (Å²) in [4.78, 5) is 45.0. The third-order valence-electron chi connectivity index (χ3n) is 8.01. The van der Waals surface area contributed by atoms with E-state index in [0.29, 0.717) is 19.4 Å². The maximum absolute atomic E-state index is 14.5. The van der Waals surface area contributed by atoms with Gasteiger partial charge in [0.1, 0.15) is 6.04 Å². The highest BCUT2D eigenvalue weighted by Crippen LogP contribution is 2.67. The first-order valence-electron chi connectivity index (χ1n) is 13.1. The predicted octanol–water partition coefficient (Wildman–Crippen LogP) is 3.80. The molecule has 0 saturated carbocycles. The van der Waals surface area contributed by atoms with Crippen LogP contribution in [0.25, 0.3) is 0 Å². The minimum atomic E-state index is -0.791. The van der Waals surface area contributed by atoms with Crippen LogP contribution >= 0.6 is 11.8 Å². The number of aryl methyl sites for hydroxylation is 2. The zero-order valence-corrected chi connectivity index (χ0v) is 22.8. The van der Waals surface area contributed by atoms with Crippen molar-refractivity contribution in [2.75, 3.05) is 24.7 Å². The van der Waals surface area contributed by atoms with Crippen molar-refractivity contribution in [1.82, 2.24) is 4.90 Å². The Morgan fingerprint density at radius 3 is 2.76 bits per heavy atom. The molecule has 37 heavy (non-hydrogen) atoms. The maximum atomic E-state index is 14.5. The summed E-state index contributed by atoms with van der Waals surface area (Å²) in [6.45, 7) is 13.6. The zero-order valence-electron chi connectivity index (χ0n) is 22.0. The molecule has 3 aliphatic heterocycles. The number of anilines is 1. The summed E-state index contributed by atoms with van der Waals surface area (Å²) in [6.07, 6.45) is 6.32. The Morgan fingerprint density at radius 2 is 2.08 bits per heavy atom. The van der Waals surface area contributed by atoms with Gasteiger partial charge >= 0.3 is 5.97 Å². The number of aliphatic hydroxyl groups excluding tert-OH is 1. The Kier molecular flexibility index (Phi) is 8.19. The molecule has 0 radical (unpaired) electrons. The standard InChI is InChI=1S/C29H38N2O5S/c1-6-8-9-15-36-28(35)23-22-12-13-29(37-22)24(23)26(33)31(20(5)17-32)25(29)27(34)30(14-7-2)21-16-18(3)10-11-19(21)4/h6-7,10-11,16,20,22-25,32H,1-2,8-9,12-15,17H2,3-5H3/t20-,22-,23+,24+,25?,29?/m1/s1. The van der Waals surface area contributed by atoms with Crippen LogP contribution in [0, 0.1) is 25.7 Å². The summed E-state index contributed by atoms with van der Waals surface area (Å²) >= 11 is 1.61. The SMILES string of the molecule is C=CCCCOC(=O)[C@@H]1[C@H]2C(=O)N([C@H](C)CO)C(C(=O)N(CC=C)c3cc(C)ccc3C)C23CC[C@H]1S3. The molecular formula is C29H38N2O5S. The number of hydrogen-bond donors (Lipinski definition) is 1. The van der Waals surface area contributed by atoms with Crippen molar-refractivity contribution in [1.29, 1.82) is 0 Å². The molecule has 3 fully saturated rings. The number of carbonyl (C=O) groups is 3. The third kappa shape index (κ3) is 4.63. The quantitative estimate of drug-likeness (QED) is 0.268. The van der Waals surface area contributed by atoms with Crippen molar-refractivity contribution in [2.24, 2.45) is 11.8 Å². The number of esters is 1. The lowest BCUT2D eigenvalue weighted by molar-refractivity contribution is -0.154. The highest BCUT2D eigenvalue weighted by atomic mass is 32.2. The summed E-state index contributed by atoms with van der Waals surface area (Å²) in [7, 11) is 0. The average Bonchev–Trinajstić information content (AvgIpc) is 3.53. The number of unbranched alkanes of at least 4 members (excludes halogenated alkanes) is 1. The Labute approximate surface area is 223 Å². The van der Waals surface area contributed by atoms with E-state index >= 15 is 0 Å². The number of rotatable bonds is 11. The van der Waals surface area contributed by atoms with Gasteiger partial charge in [0.25, 0.3) is 5.91 Å². The lowest BCUT2D eigenvalue weighted by atomic mass is 9.71.